The van der Waals surface area contributed by atoms with Crippen LogP contribution in [-0.2, 0) is 0 Å². The highest BCUT2D eigenvalue weighted by atomic mass is 32.1. The highest BCUT2D eigenvalue weighted by Gasteiger charge is 2.27. The van der Waals surface area contributed by atoms with Crippen LogP contribution in [0.25, 0.3) is 131 Å². The van der Waals surface area contributed by atoms with Crippen molar-refractivity contribution in [2.24, 2.45) is 0 Å². The molecule has 0 bridgehead atoms. The van der Waals surface area contributed by atoms with Gasteiger partial charge in [-0.25, -0.2) is 4.98 Å². The van der Waals surface area contributed by atoms with E-state index in [-0.39, 0.29) is 51.7 Å². The Bertz CT molecular complexity index is 4390. The molecule has 0 radical (unpaired) electrons. The second-order valence-electron chi connectivity index (χ2n) is 16.6. The van der Waals surface area contributed by atoms with E-state index in [2.05, 4.69) is 169 Å². The van der Waals surface area contributed by atoms with Gasteiger partial charge in [-0.2, -0.15) is 0 Å². The summed E-state index contributed by atoms with van der Waals surface area (Å²) in [4.78, 5) is 11.5. The van der Waals surface area contributed by atoms with Gasteiger partial charge in [0.15, 0.2) is 0 Å². The molecule has 312 valence electrons. The molecule has 2 nitrogen and oxygen atoms in total. The Kier molecular flexibility index (Phi) is 7.78. The van der Waals surface area contributed by atoms with Gasteiger partial charge < -0.3 is 0 Å². The minimum Gasteiger partial charge on any atom is -0.254 e. The SMILES string of the molecule is [2H]c1nc2c(c([2H])c1[2H])c([2H])c([2H])c1c([2H])c([2H])c(-c3ccc(-c4cccc(-c5sc(-c6c7ccccc7c(-c7ccccc7)c7ccccc67)c(-c6ccccc6)c5-c5ccccc5)c4)c4ccccc34)nc12. The number of hydrogen-bond donors (Lipinski definition) is 0. The minimum atomic E-state index is -0.465. The molecule has 0 saturated heterocycles. The fourth-order valence-electron chi connectivity index (χ4n) is 9.89. The maximum atomic E-state index is 9.28. The number of thiophene rings is 1. The average molecular weight is 876 g/mol. The molecule has 0 amide bonds. The third-order valence-corrected chi connectivity index (χ3v) is 14.1. The van der Waals surface area contributed by atoms with Gasteiger partial charge in [0, 0.05) is 49.0 Å². The van der Waals surface area contributed by atoms with Crippen LogP contribution in [0.4, 0.5) is 0 Å². The zero-order valence-electron chi connectivity index (χ0n) is 42.9. The van der Waals surface area contributed by atoms with Gasteiger partial charge in [-0.3, -0.25) is 4.98 Å². The summed E-state index contributed by atoms with van der Waals surface area (Å²) in [5.41, 5.74) is 11.9. The molecule has 0 atom stereocenters. The molecule has 0 aliphatic carbocycles. The van der Waals surface area contributed by atoms with Gasteiger partial charge >= 0.3 is 0 Å². The minimum absolute atomic E-state index is 0.00732. The summed E-state index contributed by atoms with van der Waals surface area (Å²) in [5.74, 6) is 0. The Balaban J connectivity index is 1.04. The van der Waals surface area contributed by atoms with E-state index < -0.39 is 18.3 Å². The van der Waals surface area contributed by atoms with Crippen molar-refractivity contribution in [2.75, 3.05) is 0 Å². The fourth-order valence-corrected chi connectivity index (χ4v) is 11.3. The van der Waals surface area contributed by atoms with Crippen LogP contribution >= 0.6 is 11.3 Å². The van der Waals surface area contributed by atoms with Gasteiger partial charge in [0.1, 0.15) is 0 Å². The summed E-state index contributed by atoms with van der Waals surface area (Å²) in [7, 11) is 0. The number of nitrogens with zero attached hydrogens (tertiary/aromatic N) is 2. The molecule has 0 saturated carbocycles. The third-order valence-electron chi connectivity index (χ3n) is 12.8. The Labute approximate surface area is 402 Å². The number of fused-ring (bicyclic) bond motifs is 6. The predicted molar refractivity (Wildman–Crippen MR) is 285 cm³/mol. The number of aromatic nitrogens is 2. The summed E-state index contributed by atoms with van der Waals surface area (Å²) >= 11 is 1.82. The lowest BCUT2D eigenvalue weighted by atomic mass is 9.85. The van der Waals surface area contributed by atoms with Crippen molar-refractivity contribution >= 4 is 65.5 Å². The topological polar surface area (TPSA) is 25.8 Å². The van der Waals surface area contributed by atoms with Gasteiger partial charge in [-0.05, 0) is 89.4 Å². The van der Waals surface area contributed by atoms with Gasteiger partial charge in [0.05, 0.1) is 26.3 Å². The average Bonchev–Trinajstić information content (AvgIpc) is 3.84. The second-order valence-corrected chi connectivity index (χ2v) is 17.6. The number of hydrogen-bond acceptors (Lipinski definition) is 3. The quantitative estimate of drug-likeness (QED) is 0.118. The predicted octanol–water partition coefficient (Wildman–Crippen LogP) is 18.0. The Morgan fingerprint density at radius 2 is 0.806 bits per heavy atom. The lowest BCUT2D eigenvalue weighted by Gasteiger charge is -2.18. The molecule has 0 fully saturated rings. The highest BCUT2D eigenvalue weighted by Crippen LogP contribution is 2.56. The lowest BCUT2D eigenvalue weighted by Crippen LogP contribution is -1.91. The molecule has 67 heavy (non-hydrogen) atoms. The van der Waals surface area contributed by atoms with Crippen LogP contribution in [0.5, 0.6) is 0 Å². The van der Waals surface area contributed by atoms with E-state index in [0.29, 0.717) is 5.56 Å². The molecular weight excluding hydrogens is 829 g/mol. The fraction of sp³-hybridized carbons (Fsp3) is 0. The molecular formula is C64H40N2S. The molecule has 3 heteroatoms. The molecule has 13 aromatic rings. The van der Waals surface area contributed by atoms with E-state index in [1.54, 1.807) is 0 Å². The van der Waals surface area contributed by atoms with E-state index in [1.165, 1.54) is 48.7 Å². The van der Waals surface area contributed by atoms with Crippen molar-refractivity contribution in [3.8, 4) is 76.6 Å². The Hall–Kier alpha value is -8.50. The van der Waals surface area contributed by atoms with E-state index in [0.717, 1.165) is 49.0 Å². The summed E-state index contributed by atoms with van der Waals surface area (Å²) < 4.78 is 61.2. The maximum absolute atomic E-state index is 9.28. The van der Waals surface area contributed by atoms with Crippen LogP contribution < -0.4 is 0 Å². The van der Waals surface area contributed by atoms with Crippen LogP contribution in [0.1, 0.15) is 9.60 Å². The largest absolute Gasteiger partial charge is 0.254 e. The van der Waals surface area contributed by atoms with Crippen LogP contribution in [-0.4, -0.2) is 9.97 Å². The van der Waals surface area contributed by atoms with Crippen molar-refractivity contribution in [2.45, 2.75) is 0 Å². The van der Waals surface area contributed by atoms with E-state index in [4.69, 9.17) is 11.8 Å². The van der Waals surface area contributed by atoms with Crippen molar-refractivity contribution in [3.63, 3.8) is 0 Å². The first-order valence-corrected chi connectivity index (χ1v) is 23.1. The molecule has 0 unspecified atom stereocenters. The standard InChI is InChI=1S/C64H40N2S/c1-4-18-41(19-5-1)57-52-29-12-14-31-54(52)60(55-32-15-13-30-53(55)57)64-59(43-22-8-3-9-23-43)58(42-20-6-2-7-21-42)63(67-64)47-25-16-24-46(40-47)48-36-37-51(50-28-11-10-27-49(48)50)56-38-35-45-34-33-44-26-17-39-65-61(44)62(45)66-56/h1-40H/i17D,26D,33D,34D,35D,38D,39D. The molecule has 3 aromatic heterocycles. The first kappa shape index (κ1) is 32.2. The maximum Gasteiger partial charge on any atom is 0.0972 e. The van der Waals surface area contributed by atoms with Crippen molar-refractivity contribution in [1.29, 1.82) is 0 Å². The summed E-state index contributed by atoms with van der Waals surface area (Å²) in [6.45, 7) is 0. The van der Waals surface area contributed by atoms with Gasteiger partial charge in [-0.1, -0.05) is 218 Å². The summed E-state index contributed by atoms with van der Waals surface area (Å²) in [6.07, 6.45) is -0.465. The molecule has 0 N–H and O–H groups in total. The van der Waals surface area contributed by atoms with E-state index >= 15 is 0 Å². The lowest BCUT2D eigenvalue weighted by molar-refractivity contribution is 1.37. The summed E-state index contributed by atoms with van der Waals surface area (Å²) in [6, 6.07) is 68.2. The highest BCUT2D eigenvalue weighted by molar-refractivity contribution is 7.20. The number of pyridine rings is 2. The normalized spacial score (nSPS) is 13.0. The second kappa shape index (κ2) is 16.2. The molecule has 0 aliphatic heterocycles. The van der Waals surface area contributed by atoms with Crippen LogP contribution in [0, 0.1) is 0 Å². The van der Waals surface area contributed by atoms with Crippen molar-refractivity contribution in [1.82, 2.24) is 9.97 Å². The van der Waals surface area contributed by atoms with E-state index in [9.17, 15) is 2.74 Å². The van der Waals surface area contributed by atoms with Crippen LogP contribution in [0.3, 0.4) is 0 Å². The van der Waals surface area contributed by atoms with Crippen LogP contribution in [0.2, 0.25) is 0 Å². The Morgan fingerprint density at radius 3 is 1.43 bits per heavy atom. The molecule has 10 aromatic carbocycles. The zero-order chi connectivity index (χ0) is 50.4. The summed E-state index contributed by atoms with van der Waals surface area (Å²) in [5, 5.41) is 6.30. The number of rotatable bonds is 7. The number of benzene rings is 10. The van der Waals surface area contributed by atoms with Gasteiger partial charge in [-0.15, -0.1) is 11.3 Å². The van der Waals surface area contributed by atoms with E-state index in [1.807, 2.05) is 47.7 Å². The third kappa shape index (κ3) is 6.55. The smallest absolute Gasteiger partial charge is 0.0972 e. The monoisotopic (exact) mass is 875 g/mol. The molecule has 13 rings (SSSR count). The molecule has 0 spiro atoms. The first-order chi connectivity index (χ1) is 36.2. The molecule has 3 heterocycles. The molecule has 0 aliphatic rings. The van der Waals surface area contributed by atoms with Crippen LogP contribution in [0.15, 0.2) is 243 Å². The zero-order valence-corrected chi connectivity index (χ0v) is 36.7. The van der Waals surface area contributed by atoms with Crippen molar-refractivity contribution < 1.29 is 9.60 Å². The van der Waals surface area contributed by atoms with Gasteiger partial charge in [0.25, 0.3) is 0 Å². The first-order valence-electron chi connectivity index (χ1n) is 25.7. The Morgan fingerprint density at radius 1 is 0.343 bits per heavy atom. The van der Waals surface area contributed by atoms with Crippen molar-refractivity contribution in [3.05, 3.63) is 243 Å². The van der Waals surface area contributed by atoms with Gasteiger partial charge in [0.2, 0.25) is 0 Å².